The second-order valence-electron chi connectivity index (χ2n) is 6.94. The second kappa shape index (κ2) is 9.99. The SMILES string of the molecule is CC(=O)N(c1ccc(F)cc1Cl)C1CSC(=NC2CCCCCC2)N1C.Cl. The molecule has 0 bridgehead atoms. The number of carbonyl (C=O) groups excluding carboxylic acids is 1. The Morgan fingerprint density at radius 3 is 2.56 bits per heavy atom. The van der Waals surface area contributed by atoms with E-state index in [9.17, 15) is 9.18 Å². The number of aliphatic imine (C=N–C) groups is 1. The summed E-state index contributed by atoms with van der Waals surface area (Å²) in [7, 11) is 1.97. The monoisotopic (exact) mass is 433 g/mol. The summed E-state index contributed by atoms with van der Waals surface area (Å²) in [6.07, 6.45) is 7.19. The molecule has 4 nitrogen and oxygen atoms in total. The van der Waals surface area contributed by atoms with E-state index in [1.165, 1.54) is 44.7 Å². The zero-order chi connectivity index (χ0) is 18.7. The third-order valence-electron chi connectivity index (χ3n) is 5.03. The van der Waals surface area contributed by atoms with Crippen LogP contribution in [-0.2, 0) is 4.79 Å². The van der Waals surface area contributed by atoms with Gasteiger partial charge in [-0.1, -0.05) is 49.0 Å². The van der Waals surface area contributed by atoms with Crippen LogP contribution in [0.2, 0.25) is 5.02 Å². The fourth-order valence-corrected chi connectivity index (χ4v) is 5.10. The van der Waals surface area contributed by atoms with E-state index >= 15 is 0 Å². The summed E-state index contributed by atoms with van der Waals surface area (Å²) in [6.45, 7) is 1.51. The van der Waals surface area contributed by atoms with Crippen LogP contribution < -0.4 is 4.90 Å². The van der Waals surface area contributed by atoms with Gasteiger partial charge in [0.05, 0.1) is 16.8 Å². The number of thioether (sulfide) groups is 1. The van der Waals surface area contributed by atoms with Crippen LogP contribution in [0.25, 0.3) is 0 Å². The van der Waals surface area contributed by atoms with Gasteiger partial charge in [0.1, 0.15) is 12.0 Å². The summed E-state index contributed by atoms with van der Waals surface area (Å²) in [5, 5.41) is 1.22. The van der Waals surface area contributed by atoms with E-state index in [4.69, 9.17) is 16.6 Å². The summed E-state index contributed by atoms with van der Waals surface area (Å²) in [5.74, 6) is 0.189. The van der Waals surface area contributed by atoms with Gasteiger partial charge in [-0.15, -0.1) is 12.4 Å². The molecule has 0 N–H and O–H groups in total. The molecule has 2 fully saturated rings. The first-order chi connectivity index (χ1) is 12.5. The fraction of sp³-hybridized carbons (Fsp3) is 0.579. The lowest BCUT2D eigenvalue weighted by Crippen LogP contribution is -2.48. The molecule has 1 amide bonds. The maximum Gasteiger partial charge on any atom is 0.225 e. The molecule has 8 heteroatoms. The van der Waals surface area contributed by atoms with Crippen LogP contribution in [0.15, 0.2) is 23.2 Å². The van der Waals surface area contributed by atoms with Crippen LogP contribution in [-0.4, -0.2) is 41.0 Å². The Morgan fingerprint density at radius 1 is 1.30 bits per heavy atom. The van der Waals surface area contributed by atoms with Crippen LogP contribution in [0.3, 0.4) is 0 Å². The normalized spacial score (nSPS) is 22.4. The highest BCUT2D eigenvalue weighted by molar-refractivity contribution is 8.14. The molecule has 1 atom stereocenters. The average molecular weight is 434 g/mol. The summed E-state index contributed by atoms with van der Waals surface area (Å²) < 4.78 is 13.4. The zero-order valence-corrected chi connectivity index (χ0v) is 18.0. The van der Waals surface area contributed by atoms with Crippen molar-refractivity contribution in [3.05, 3.63) is 29.0 Å². The Labute approximate surface area is 175 Å². The number of nitrogens with zero attached hydrogens (tertiary/aromatic N) is 3. The molecule has 1 heterocycles. The topological polar surface area (TPSA) is 35.9 Å². The first kappa shape index (κ1) is 22.3. The number of anilines is 1. The lowest BCUT2D eigenvalue weighted by molar-refractivity contribution is -0.117. The van der Waals surface area contributed by atoms with Crippen LogP contribution in [0, 0.1) is 5.82 Å². The Morgan fingerprint density at radius 2 is 1.96 bits per heavy atom. The number of benzene rings is 1. The minimum absolute atomic E-state index is 0. The number of amides is 1. The molecule has 1 aromatic carbocycles. The minimum Gasteiger partial charge on any atom is -0.333 e. The molecule has 27 heavy (non-hydrogen) atoms. The van der Waals surface area contributed by atoms with E-state index in [0.29, 0.717) is 11.7 Å². The predicted octanol–water partition coefficient (Wildman–Crippen LogP) is 5.34. The van der Waals surface area contributed by atoms with Gasteiger partial charge >= 0.3 is 0 Å². The van der Waals surface area contributed by atoms with Gasteiger partial charge in [0.2, 0.25) is 5.91 Å². The maximum atomic E-state index is 13.4. The van der Waals surface area contributed by atoms with E-state index in [0.717, 1.165) is 23.8 Å². The van der Waals surface area contributed by atoms with Crippen molar-refractivity contribution >= 4 is 52.5 Å². The van der Waals surface area contributed by atoms with Gasteiger partial charge in [-0.2, -0.15) is 0 Å². The molecule has 1 unspecified atom stereocenters. The van der Waals surface area contributed by atoms with Gasteiger partial charge in [-0.05, 0) is 31.0 Å². The molecule has 1 saturated heterocycles. The van der Waals surface area contributed by atoms with Crippen molar-refractivity contribution in [1.82, 2.24) is 4.90 Å². The number of hydrogen-bond acceptors (Lipinski definition) is 3. The summed E-state index contributed by atoms with van der Waals surface area (Å²) in [5.41, 5.74) is 0.536. The maximum absolute atomic E-state index is 13.4. The number of amidine groups is 1. The van der Waals surface area contributed by atoms with Crippen molar-refractivity contribution < 1.29 is 9.18 Å². The molecule has 1 aliphatic heterocycles. The van der Waals surface area contributed by atoms with Gasteiger partial charge in [0.15, 0.2) is 5.17 Å². The van der Waals surface area contributed by atoms with Gasteiger partial charge < -0.3 is 4.90 Å². The number of rotatable bonds is 3. The Kier molecular flexibility index (Phi) is 8.25. The standard InChI is InChI=1S/C19H25ClFN3OS.ClH/c1-13(25)24(17-10-9-14(21)11-16(17)20)18-12-26-19(23(18)2)22-15-7-5-3-4-6-8-15;/h9-11,15,18H,3-8,12H2,1-2H3;1H. The van der Waals surface area contributed by atoms with E-state index in [1.54, 1.807) is 22.7 Å². The van der Waals surface area contributed by atoms with Crippen molar-refractivity contribution in [2.24, 2.45) is 4.99 Å². The Bertz CT molecular complexity index is 696. The lowest BCUT2D eigenvalue weighted by Gasteiger charge is -2.33. The third kappa shape index (κ3) is 5.30. The van der Waals surface area contributed by atoms with Crippen LogP contribution in [0.4, 0.5) is 10.1 Å². The number of halogens is 3. The van der Waals surface area contributed by atoms with Crippen LogP contribution in [0.5, 0.6) is 0 Å². The Balaban J connectivity index is 0.00000261. The van der Waals surface area contributed by atoms with E-state index in [2.05, 4.69) is 4.90 Å². The number of carbonyl (C=O) groups is 1. The molecule has 1 aliphatic carbocycles. The molecule has 0 radical (unpaired) electrons. The van der Waals surface area contributed by atoms with Gasteiger partial charge in [0, 0.05) is 19.7 Å². The number of hydrogen-bond donors (Lipinski definition) is 0. The summed E-state index contributed by atoms with van der Waals surface area (Å²) >= 11 is 7.89. The first-order valence-electron chi connectivity index (χ1n) is 9.15. The second-order valence-corrected chi connectivity index (χ2v) is 8.34. The third-order valence-corrected chi connectivity index (χ3v) is 6.45. The lowest BCUT2D eigenvalue weighted by atomic mass is 10.1. The summed E-state index contributed by atoms with van der Waals surface area (Å²) in [6, 6.07) is 4.52. The van der Waals surface area contributed by atoms with Crippen LogP contribution >= 0.6 is 35.8 Å². The molecular formula is C19H26Cl2FN3OS. The van der Waals surface area contributed by atoms with Gasteiger partial charge in [-0.25, -0.2) is 4.39 Å². The average Bonchev–Trinajstić information content (AvgIpc) is 2.79. The molecule has 0 spiro atoms. The quantitative estimate of drug-likeness (QED) is 0.603. The molecule has 0 aromatic heterocycles. The zero-order valence-electron chi connectivity index (χ0n) is 15.7. The van der Waals surface area contributed by atoms with Crippen molar-refractivity contribution in [1.29, 1.82) is 0 Å². The highest BCUT2D eigenvalue weighted by Crippen LogP contribution is 2.34. The first-order valence-corrected chi connectivity index (χ1v) is 10.5. The van der Waals surface area contributed by atoms with Crippen molar-refractivity contribution in [2.75, 3.05) is 17.7 Å². The summed E-state index contributed by atoms with van der Waals surface area (Å²) in [4.78, 5) is 21.0. The smallest absolute Gasteiger partial charge is 0.225 e. The molecule has 2 aliphatic rings. The molecule has 1 saturated carbocycles. The predicted molar refractivity (Wildman–Crippen MR) is 115 cm³/mol. The van der Waals surface area contributed by atoms with E-state index in [1.807, 2.05) is 7.05 Å². The minimum atomic E-state index is -0.410. The van der Waals surface area contributed by atoms with E-state index < -0.39 is 5.82 Å². The largest absolute Gasteiger partial charge is 0.333 e. The molecule has 1 aromatic rings. The molecule has 3 rings (SSSR count). The Hall–Kier alpha value is -0.980. The highest BCUT2D eigenvalue weighted by atomic mass is 35.5. The van der Waals surface area contributed by atoms with Crippen molar-refractivity contribution in [3.63, 3.8) is 0 Å². The molecular weight excluding hydrogens is 408 g/mol. The van der Waals surface area contributed by atoms with Gasteiger partial charge in [-0.3, -0.25) is 14.7 Å². The molecule has 150 valence electrons. The van der Waals surface area contributed by atoms with E-state index in [-0.39, 0.29) is 29.5 Å². The van der Waals surface area contributed by atoms with Crippen LogP contribution in [0.1, 0.15) is 45.4 Å². The fourth-order valence-electron chi connectivity index (χ4n) is 3.63. The van der Waals surface area contributed by atoms with Gasteiger partial charge in [0.25, 0.3) is 0 Å². The van der Waals surface area contributed by atoms with Crippen molar-refractivity contribution in [2.45, 2.75) is 57.7 Å². The van der Waals surface area contributed by atoms with Crippen molar-refractivity contribution in [3.8, 4) is 0 Å². The highest BCUT2D eigenvalue weighted by Gasteiger charge is 2.35.